The van der Waals surface area contributed by atoms with Crippen molar-refractivity contribution in [1.29, 1.82) is 0 Å². The zero-order valence-corrected chi connectivity index (χ0v) is 11.4. The van der Waals surface area contributed by atoms with E-state index < -0.39 is 5.97 Å². The van der Waals surface area contributed by atoms with Gasteiger partial charge in [0.2, 0.25) is 0 Å². The first-order valence-corrected chi connectivity index (χ1v) is 6.92. The highest BCUT2D eigenvalue weighted by atomic mass is 32.2. The first kappa shape index (κ1) is 14.3. The van der Waals surface area contributed by atoms with Crippen LogP contribution in [0.4, 0.5) is 4.79 Å². The number of thioether (sulfide) groups is 1. The van der Waals surface area contributed by atoms with Gasteiger partial charge in [-0.3, -0.25) is 19.3 Å². The Kier molecular flexibility index (Phi) is 4.57. The van der Waals surface area contributed by atoms with E-state index in [1.807, 2.05) is 30.3 Å². The van der Waals surface area contributed by atoms with Crippen LogP contribution in [-0.4, -0.2) is 33.7 Å². The van der Waals surface area contributed by atoms with Crippen molar-refractivity contribution < 1.29 is 19.5 Å². The molecule has 1 fully saturated rings. The lowest BCUT2D eigenvalue weighted by Gasteiger charge is -2.10. The number of benzene rings is 1. The van der Waals surface area contributed by atoms with Gasteiger partial charge in [-0.1, -0.05) is 30.3 Å². The van der Waals surface area contributed by atoms with Crippen LogP contribution < -0.4 is 0 Å². The number of rotatable bonds is 5. The number of amides is 2. The van der Waals surface area contributed by atoms with Gasteiger partial charge in [0.1, 0.15) is 0 Å². The summed E-state index contributed by atoms with van der Waals surface area (Å²) < 4.78 is 0. The fourth-order valence-corrected chi connectivity index (χ4v) is 2.65. The number of hydrogen-bond acceptors (Lipinski definition) is 4. The molecule has 0 aromatic heterocycles. The second-order valence-corrected chi connectivity index (χ2v) is 5.23. The summed E-state index contributed by atoms with van der Waals surface area (Å²) >= 11 is 0.887. The van der Waals surface area contributed by atoms with Crippen LogP contribution in [0.5, 0.6) is 0 Å². The number of carboxylic acids is 1. The molecule has 5 nitrogen and oxygen atoms in total. The van der Waals surface area contributed by atoms with Crippen molar-refractivity contribution in [3.63, 3.8) is 0 Å². The molecule has 0 unspecified atom stereocenters. The first-order chi connectivity index (χ1) is 9.58. The Morgan fingerprint density at radius 2 is 1.95 bits per heavy atom. The number of imide groups is 1. The molecule has 0 bridgehead atoms. The van der Waals surface area contributed by atoms with Gasteiger partial charge >= 0.3 is 5.97 Å². The molecule has 0 aliphatic carbocycles. The third-order valence-corrected chi connectivity index (χ3v) is 3.65. The summed E-state index contributed by atoms with van der Waals surface area (Å²) in [6, 6.07) is 9.26. The molecule has 0 radical (unpaired) electrons. The van der Waals surface area contributed by atoms with E-state index in [1.54, 1.807) is 6.08 Å². The van der Waals surface area contributed by atoms with Crippen molar-refractivity contribution in [2.24, 2.45) is 0 Å². The lowest BCUT2D eigenvalue weighted by molar-refractivity contribution is -0.137. The Morgan fingerprint density at radius 3 is 2.60 bits per heavy atom. The minimum absolute atomic E-state index is 0.0561. The van der Waals surface area contributed by atoms with E-state index in [-0.39, 0.29) is 30.5 Å². The van der Waals surface area contributed by atoms with Crippen molar-refractivity contribution in [2.75, 3.05) is 6.54 Å². The number of hydrogen-bond donors (Lipinski definition) is 1. The van der Waals surface area contributed by atoms with Crippen molar-refractivity contribution >= 4 is 35.0 Å². The lowest BCUT2D eigenvalue weighted by atomic mass is 10.2. The van der Waals surface area contributed by atoms with E-state index in [0.717, 1.165) is 22.2 Å². The molecule has 1 heterocycles. The molecule has 1 aliphatic rings. The summed E-state index contributed by atoms with van der Waals surface area (Å²) in [5, 5.41) is 8.22. The van der Waals surface area contributed by atoms with E-state index in [9.17, 15) is 14.4 Å². The Labute approximate surface area is 120 Å². The lowest BCUT2D eigenvalue weighted by Crippen LogP contribution is -2.29. The zero-order chi connectivity index (χ0) is 14.5. The normalized spacial score (nSPS) is 17.0. The molecule has 1 N–H and O–H groups in total. The molecule has 1 aromatic carbocycles. The van der Waals surface area contributed by atoms with Crippen LogP contribution >= 0.6 is 11.8 Å². The topological polar surface area (TPSA) is 74.7 Å². The average Bonchev–Trinajstić information content (AvgIpc) is 2.67. The van der Waals surface area contributed by atoms with Crippen LogP contribution in [0.15, 0.2) is 35.2 Å². The van der Waals surface area contributed by atoms with Gasteiger partial charge < -0.3 is 5.11 Å². The minimum atomic E-state index is -0.934. The number of carbonyl (C=O) groups is 3. The number of carboxylic acid groups (broad SMARTS) is 1. The van der Waals surface area contributed by atoms with Crippen LogP contribution in [0.25, 0.3) is 6.08 Å². The number of nitrogens with zero attached hydrogens (tertiary/aromatic N) is 1. The predicted molar refractivity (Wildman–Crippen MR) is 76.0 cm³/mol. The fourth-order valence-electron chi connectivity index (χ4n) is 1.78. The molecule has 0 spiro atoms. The van der Waals surface area contributed by atoms with E-state index in [0.29, 0.717) is 4.91 Å². The smallest absolute Gasteiger partial charge is 0.303 e. The van der Waals surface area contributed by atoms with Crippen LogP contribution in [0.3, 0.4) is 0 Å². The first-order valence-electron chi connectivity index (χ1n) is 6.10. The largest absolute Gasteiger partial charge is 0.481 e. The third kappa shape index (κ3) is 3.48. The van der Waals surface area contributed by atoms with E-state index >= 15 is 0 Å². The van der Waals surface area contributed by atoms with E-state index in [4.69, 9.17) is 5.11 Å². The molecule has 2 amide bonds. The molecule has 1 aliphatic heterocycles. The van der Waals surface area contributed by atoms with Crippen molar-refractivity contribution in [3.8, 4) is 0 Å². The predicted octanol–water partition coefficient (Wildman–Crippen LogP) is 2.59. The Hall–Kier alpha value is -2.08. The molecule has 1 saturated heterocycles. The Bertz CT molecular complexity index is 568. The van der Waals surface area contributed by atoms with Gasteiger partial charge in [-0.15, -0.1) is 0 Å². The quantitative estimate of drug-likeness (QED) is 0.844. The maximum atomic E-state index is 12.1. The maximum absolute atomic E-state index is 12.1. The second kappa shape index (κ2) is 6.38. The van der Waals surface area contributed by atoms with Crippen molar-refractivity contribution in [2.45, 2.75) is 12.8 Å². The minimum Gasteiger partial charge on any atom is -0.481 e. The highest BCUT2D eigenvalue weighted by Crippen LogP contribution is 2.32. The summed E-state index contributed by atoms with van der Waals surface area (Å²) in [4.78, 5) is 35.7. The Morgan fingerprint density at radius 1 is 1.25 bits per heavy atom. The molecule has 0 atom stereocenters. The highest BCUT2D eigenvalue weighted by molar-refractivity contribution is 8.18. The maximum Gasteiger partial charge on any atom is 0.303 e. The summed E-state index contributed by atoms with van der Waals surface area (Å²) in [5.41, 5.74) is 0.850. The van der Waals surface area contributed by atoms with Crippen LogP contribution in [-0.2, 0) is 9.59 Å². The van der Waals surface area contributed by atoms with Crippen molar-refractivity contribution in [1.82, 2.24) is 4.90 Å². The highest BCUT2D eigenvalue weighted by Gasteiger charge is 2.34. The zero-order valence-electron chi connectivity index (χ0n) is 10.6. The molecule has 2 rings (SSSR count). The average molecular weight is 291 g/mol. The molecule has 20 heavy (non-hydrogen) atoms. The third-order valence-electron chi connectivity index (χ3n) is 2.74. The summed E-state index contributed by atoms with van der Waals surface area (Å²) in [7, 11) is 0. The SMILES string of the molecule is O=C(O)CCCN1C(=O)S/C(=C/c2ccccc2)C1=O. The van der Waals surface area contributed by atoms with Gasteiger partial charge in [0.05, 0.1) is 4.91 Å². The van der Waals surface area contributed by atoms with Gasteiger partial charge in [-0.2, -0.15) is 0 Å². The fraction of sp³-hybridized carbons (Fsp3) is 0.214. The van der Waals surface area contributed by atoms with Gasteiger partial charge in [0, 0.05) is 13.0 Å². The standard InChI is InChI=1S/C14H13NO4S/c16-12(17)7-4-8-15-13(18)11(20-14(15)19)9-10-5-2-1-3-6-10/h1-3,5-6,9H,4,7-8H2,(H,16,17)/b11-9+. The number of aliphatic carboxylic acids is 1. The summed E-state index contributed by atoms with van der Waals surface area (Å²) in [6.45, 7) is 0.142. The molecule has 6 heteroatoms. The van der Waals surface area contributed by atoms with Gasteiger partial charge in [0.25, 0.3) is 11.1 Å². The number of carbonyl (C=O) groups excluding carboxylic acids is 2. The molecular weight excluding hydrogens is 278 g/mol. The van der Waals surface area contributed by atoms with Gasteiger partial charge in [-0.25, -0.2) is 0 Å². The van der Waals surface area contributed by atoms with Gasteiger partial charge in [-0.05, 0) is 29.8 Å². The monoisotopic (exact) mass is 291 g/mol. The second-order valence-electron chi connectivity index (χ2n) is 4.24. The van der Waals surface area contributed by atoms with Crippen LogP contribution in [0.1, 0.15) is 18.4 Å². The summed E-state index contributed by atoms with van der Waals surface area (Å²) in [6.07, 6.45) is 1.88. The molecule has 1 aromatic rings. The van der Waals surface area contributed by atoms with Crippen LogP contribution in [0.2, 0.25) is 0 Å². The van der Waals surface area contributed by atoms with Crippen molar-refractivity contribution in [3.05, 3.63) is 40.8 Å². The summed E-state index contributed by atoms with van der Waals surface area (Å²) in [5.74, 6) is -1.29. The molecular formula is C14H13NO4S. The molecule has 104 valence electrons. The Balaban J connectivity index is 2.05. The molecule has 0 saturated carbocycles. The van der Waals surface area contributed by atoms with Crippen LogP contribution in [0, 0.1) is 0 Å². The van der Waals surface area contributed by atoms with Gasteiger partial charge in [0.15, 0.2) is 0 Å². The van der Waals surface area contributed by atoms with E-state index in [1.165, 1.54) is 0 Å². The van der Waals surface area contributed by atoms with E-state index in [2.05, 4.69) is 0 Å².